The zero-order chi connectivity index (χ0) is 17.2. The second kappa shape index (κ2) is 9.90. The number of rotatable bonds is 10. The van der Waals surface area contributed by atoms with E-state index in [1.165, 1.54) is 14.2 Å². The zero-order valence-electron chi connectivity index (χ0n) is 13.2. The summed E-state index contributed by atoms with van der Waals surface area (Å²) in [5.41, 5.74) is 0. The van der Waals surface area contributed by atoms with Gasteiger partial charge in [-0.3, -0.25) is 14.4 Å². The van der Waals surface area contributed by atoms with Gasteiger partial charge in [-0.25, -0.2) is 4.79 Å². The summed E-state index contributed by atoms with van der Waals surface area (Å²) in [6, 6.07) is 0. The van der Waals surface area contributed by atoms with Gasteiger partial charge in [-0.1, -0.05) is 0 Å². The fourth-order valence-electron chi connectivity index (χ4n) is 1.81. The predicted octanol–water partition coefficient (Wildman–Crippen LogP) is -0.0315. The van der Waals surface area contributed by atoms with E-state index < -0.39 is 23.8 Å². The van der Waals surface area contributed by atoms with Crippen LogP contribution in [0.2, 0.25) is 0 Å². The standard InChI is InChI=1S/C14H21NO8/c1-20-8-10(21-2)9-22-13(18)4-3-5-14(19)23-15-11(16)6-7-12(15)17/h10H,3-9H2,1-2H3. The largest absolute Gasteiger partial charge is 0.463 e. The maximum absolute atomic E-state index is 11.5. The average molecular weight is 331 g/mol. The Morgan fingerprint density at radius 2 is 1.65 bits per heavy atom. The first kappa shape index (κ1) is 19.0. The van der Waals surface area contributed by atoms with Gasteiger partial charge in [0.2, 0.25) is 0 Å². The normalized spacial score (nSPS) is 15.7. The van der Waals surface area contributed by atoms with Gasteiger partial charge in [-0.05, 0) is 6.42 Å². The molecule has 0 spiro atoms. The molecule has 130 valence electrons. The molecule has 1 aliphatic heterocycles. The quantitative estimate of drug-likeness (QED) is 0.405. The highest BCUT2D eigenvalue weighted by Crippen LogP contribution is 2.13. The van der Waals surface area contributed by atoms with E-state index in [0.29, 0.717) is 11.7 Å². The highest BCUT2D eigenvalue weighted by atomic mass is 16.7. The van der Waals surface area contributed by atoms with E-state index in [1.807, 2.05) is 0 Å². The first-order valence-electron chi connectivity index (χ1n) is 7.21. The lowest BCUT2D eigenvalue weighted by Gasteiger charge is -2.14. The first-order chi connectivity index (χ1) is 11.0. The molecule has 0 radical (unpaired) electrons. The Labute approximate surface area is 133 Å². The predicted molar refractivity (Wildman–Crippen MR) is 74.7 cm³/mol. The number of carbonyl (C=O) groups excluding carboxylic acids is 4. The molecule has 1 heterocycles. The Hall–Kier alpha value is -2.00. The smallest absolute Gasteiger partial charge is 0.333 e. The molecule has 9 nitrogen and oxygen atoms in total. The third-order valence-corrected chi connectivity index (χ3v) is 3.08. The van der Waals surface area contributed by atoms with Gasteiger partial charge in [0.15, 0.2) is 0 Å². The van der Waals surface area contributed by atoms with Crippen LogP contribution in [-0.2, 0) is 38.2 Å². The molecule has 1 saturated heterocycles. The van der Waals surface area contributed by atoms with Gasteiger partial charge in [0.05, 0.1) is 6.61 Å². The van der Waals surface area contributed by atoms with E-state index in [-0.39, 0.29) is 44.8 Å². The Bertz CT molecular complexity index is 434. The molecular weight excluding hydrogens is 310 g/mol. The molecule has 0 aromatic heterocycles. The molecule has 0 N–H and O–H groups in total. The molecule has 9 heteroatoms. The van der Waals surface area contributed by atoms with Gasteiger partial charge in [0.1, 0.15) is 12.7 Å². The van der Waals surface area contributed by atoms with Crippen LogP contribution in [0.4, 0.5) is 0 Å². The molecule has 0 bridgehead atoms. The van der Waals surface area contributed by atoms with Crippen LogP contribution in [0.5, 0.6) is 0 Å². The molecule has 0 aliphatic carbocycles. The maximum atomic E-state index is 11.5. The van der Waals surface area contributed by atoms with Crippen LogP contribution in [0.25, 0.3) is 0 Å². The van der Waals surface area contributed by atoms with Gasteiger partial charge in [0.25, 0.3) is 11.8 Å². The molecule has 1 unspecified atom stereocenters. The van der Waals surface area contributed by atoms with Crippen LogP contribution in [0.1, 0.15) is 32.1 Å². The summed E-state index contributed by atoms with van der Waals surface area (Å²) in [6.45, 7) is 0.360. The number of hydrogen-bond donors (Lipinski definition) is 0. The van der Waals surface area contributed by atoms with Crippen LogP contribution >= 0.6 is 0 Å². The van der Waals surface area contributed by atoms with Crippen molar-refractivity contribution in [2.45, 2.75) is 38.2 Å². The molecule has 0 aromatic rings. The van der Waals surface area contributed by atoms with Crippen molar-refractivity contribution in [2.24, 2.45) is 0 Å². The monoisotopic (exact) mass is 331 g/mol. The van der Waals surface area contributed by atoms with E-state index in [9.17, 15) is 19.2 Å². The average Bonchev–Trinajstić information content (AvgIpc) is 2.83. The summed E-state index contributed by atoms with van der Waals surface area (Å²) in [4.78, 5) is 50.2. The SMILES string of the molecule is COCC(COC(=O)CCCC(=O)ON1C(=O)CCC1=O)OC. The number of ether oxygens (including phenoxy) is 3. The molecular formula is C14H21NO8. The van der Waals surface area contributed by atoms with Gasteiger partial charge in [-0.2, -0.15) is 0 Å². The Morgan fingerprint density at radius 3 is 2.22 bits per heavy atom. The van der Waals surface area contributed by atoms with Crippen LogP contribution in [0, 0.1) is 0 Å². The van der Waals surface area contributed by atoms with Crippen molar-refractivity contribution in [3.63, 3.8) is 0 Å². The summed E-state index contributed by atoms with van der Waals surface area (Å²) < 4.78 is 14.9. The van der Waals surface area contributed by atoms with Crippen LogP contribution < -0.4 is 0 Å². The molecule has 2 amide bonds. The highest BCUT2D eigenvalue weighted by Gasteiger charge is 2.32. The van der Waals surface area contributed by atoms with Crippen LogP contribution in [0.15, 0.2) is 0 Å². The molecule has 1 fully saturated rings. The number of nitrogens with zero attached hydrogens (tertiary/aromatic N) is 1. The summed E-state index contributed by atoms with van der Waals surface area (Å²) in [5, 5.41) is 0.481. The highest BCUT2D eigenvalue weighted by molar-refractivity contribution is 6.01. The minimum atomic E-state index is -0.740. The van der Waals surface area contributed by atoms with E-state index >= 15 is 0 Å². The lowest BCUT2D eigenvalue weighted by atomic mass is 10.2. The number of hydrogen-bond acceptors (Lipinski definition) is 8. The summed E-state index contributed by atoms with van der Waals surface area (Å²) >= 11 is 0. The van der Waals surface area contributed by atoms with Gasteiger partial charge in [0, 0.05) is 39.9 Å². The Kier molecular flexibility index (Phi) is 8.20. The second-order valence-electron chi connectivity index (χ2n) is 4.89. The van der Waals surface area contributed by atoms with E-state index in [2.05, 4.69) is 4.84 Å². The van der Waals surface area contributed by atoms with E-state index in [1.54, 1.807) is 0 Å². The lowest BCUT2D eigenvalue weighted by Crippen LogP contribution is -2.32. The van der Waals surface area contributed by atoms with E-state index in [0.717, 1.165) is 0 Å². The maximum Gasteiger partial charge on any atom is 0.333 e. The van der Waals surface area contributed by atoms with Gasteiger partial charge >= 0.3 is 11.9 Å². The number of esters is 1. The number of methoxy groups -OCH3 is 2. The lowest BCUT2D eigenvalue weighted by molar-refractivity contribution is -0.197. The van der Waals surface area contributed by atoms with Crippen molar-refractivity contribution < 1.29 is 38.2 Å². The fourth-order valence-corrected chi connectivity index (χ4v) is 1.81. The molecule has 23 heavy (non-hydrogen) atoms. The Morgan fingerprint density at radius 1 is 1.04 bits per heavy atom. The van der Waals surface area contributed by atoms with Gasteiger partial charge < -0.3 is 19.0 Å². The number of amides is 2. The minimum absolute atomic E-state index is 0.0143. The van der Waals surface area contributed by atoms with Crippen molar-refractivity contribution in [2.75, 3.05) is 27.4 Å². The van der Waals surface area contributed by atoms with Crippen LogP contribution in [-0.4, -0.2) is 62.4 Å². The topological polar surface area (TPSA) is 108 Å². The van der Waals surface area contributed by atoms with Crippen molar-refractivity contribution in [3.05, 3.63) is 0 Å². The minimum Gasteiger partial charge on any atom is -0.463 e. The van der Waals surface area contributed by atoms with Gasteiger partial charge in [-0.15, -0.1) is 5.06 Å². The van der Waals surface area contributed by atoms with Crippen molar-refractivity contribution in [3.8, 4) is 0 Å². The molecule has 0 saturated carbocycles. The summed E-state index contributed by atoms with van der Waals surface area (Å²) in [6.07, 6.45) is -0.156. The first-order valence-corrected chi connectivity index (χ1v) is 7.21. The fraction of sp³-hybridized carbons (Fsp3) is 0.714. The van der Waals surface area contributed by atoms with Crippen molar-refractivity contribution in [1.29, 1.82) is 0 Å². The van der Waals surface area contributed by atoms with Crippen LogP contribution in [0.3, 0.4) is 0 Å². The molecule has 1 rings (SSSR count). The van der Waals surface area contributed by atoms with Crippen molar-refractivity contribution >= 4 is 23.8 Å². The van der Waals surface area contributed by atoms with Crippen molar-refractivity contribution in [1.82, 2.24) is 5.06 Å². The summed E-state index contributed by atoms with van der Waals surface area (Å²) in [5.74, 6) is -2.29. The number of imide groups is 1. The number of hydroxylamine groups is 2. The zero-order valence-corrected chi connectivity index (χ0v) is 13.2. The number of carbonyl (C=O) groups is 4. The molecule has 0 aromatic carbocycles. The Balaban J connectivity index is 2.18. The molecule has 1 atom stereocenters. The third-order valence-electron chi connectivity index (χ3n) is 3.08. The molecule has 1 aliphatic rings. The third kappa shape index (κ3) is 6.74. The summed E-state index contributed by atoms with van der Waals surface area (Å²) in [7, 11) is 2.99. The second-order valence-corrected chi connectivity index (χ2v) is 4.89. The van der Waals surface area contributed by atoms with E-state index in [4.69, 9.17) is 14.2 Å².